The van der Waals surface area contributed by atoms with Crippen LogP contribution in [0.3, 0.4) is 0 Å². The van der Waals surface area contributed by atoms with Gasteiger partial charge < -0.3 is 0 Å². The molecule has 0 unspecified atom stereocenters. The van der Waals surface area contributed by atoms with E-state index >= 15 is 0 Å². The molecule has 0 atom stereocenters. The molecule has 2 aromatic carbocycles. The second-order valence-electron chi connectivity index (χ2n) is 3.95. The smallest absolute Gasteiger partial charge is 0.0108 e. The highest BCUT2D eigenvalue weighted by molar-refractivity contribution is 5.67. The van der Waals surface area contributed by atoms with Crippen molar-refractivity contribution in [3.8, 4) is 11.1 Å². The molecule has 0 saturated heterocycles. The van der Waals surface area contributed by atoms with Crippen LogP contribution in [0, 0.1) is 6.07 Å². The van der Waals surface area contributed by atoms with Crippen LogP contribution < -0.4 is 0 Å². The molecule has 81 valence electrons. The monoisotopic (exact) mass is 209 g/mol. The molecule has 0 bridgehead atoms. The van der Waals surface area contributed by atoms with Crippen molar-refractivity contribution in [3.63, 3.8) is 0 Å². The molecule has 0 fully saturated rings. The molecule has 0 aliphatic carbocycles. The Morgan fingerprint density at radius 2 is 1.62 bits per heavy atom. The summed E-state index contributed by atoms with van der Waals surface area (Å²) in [6.07, 6.45) is 2.10. The first-order chi connectivity index (χ1) is 7.85. The van der Waals surface area contributed by atoms with Gasteiger partial charge in [0.1, 0.15) is 0 Å². The lowest BCUT2D eigenvalue weighted by atomic mass is 9.95. The summed E-state index contributed by atoms with van der Waals surface area (Å²) in [4.78, 5) is 0. The highest BCUT2D eigenvalue weighted by Crippen LogP contribution is 2.24. The molecule has 0 nitrogen and oxygen atoms in total. The Morgan fingerprint density at radius 1 is 0.875 bits per heavy atom. The summed E-state index contributed by atoms with van der Waals surface area (Å²) in [7, 11) is 0. The summed E-state index contributed by atoms with van der Waals surface area (Å²) < 4.78 is 0. The van der Waals surface area contributed by atoms with Crippen molar-refractivity contribution in [3.05, 3.63) is 59.7 Å². The summed E-state index contributed by atoms with van der Waals surface area (Å²) in [5.74, 6) is 0. The van der Waals surface area contributed by atoms with E-state index in [9.17, 15) is 0 Å². The summed E-state index contributed by atoms with van der Waals surface area (Å²) in [6.45, 7) is 4.37. The number of rotatable bonds is 3. The van der Waals surface area contributed by atoms with Crippen LogP contribution in [0.1, 0.15) is 25.0 Å². The normalized spacial score (nSPS) is 10.4. The Labute approximate surface area is 97.9 Å². The lowest BCUT2D eigenvalue weighted by Crippen LogP contribution is -1.91. The lowest BCUT2D eigenvalue weighted by molar-refractivity contribution is 1.08. The van der Waals surface area contributed by atoms with Gasteiger partial charge in [0.2, 0.25) is 0 Å². The molecule has 16 heavy (non-hydrogen) atoms. The molecule has 1 radical (unpaired) electrons. The third kappa shape index (κ3) is 2.16. The SMILES string of the molecule is CCc1[c]c(CC)c(-c2ccccc2)cc1. The number of hydrogen-bond acceptors (Lipinski definition) is 0. The Balaban J connectivity index is 2.49. The Hall–Kier alpha value is -1.56. The van der Waals surface area contributed by atoms with Crippen molar-refractivity contribution in [1.29, 1.82) is 0 Å². The van der Waals surface area contributed by atoms with E-state index in [2.05, 4.69) is 62.4 Å². The van der Waals surface area contributed by atoms with Gasteiger partial charge in [-0.2, -0.15) is 0 Å². The van der Waals surface area contributed by atoms with E-state index in [4.69, 9.17) is 0 Å². The second-order valence-corrected chi connectivity index (χ2v) is 3.95. The second kappa shape index (κ2) is 4.98. The third-order valence-corrected chi connectivity index (χ3v) is 2.91. The van der Waals surface area contributed by atoms with Crippen LogP contribution in [0.5, 0.6) is 0 Å². The van der Waals surface area contributed by atoms with Crippen LogP contribution in [0.25, 0.3) is 11.1 Å². The zero-order chi connectivity index (χ0) is 11.4. The topological polar surface area (TPSA) is 0 Å². The van der Waals surface area contributed by atoms with E-state index in [0.29, 0.717) is 0 Å². The molecular formula is C16H17. The van der Waals surface area contributed by atoms with E-state index in [-0.39, 0.29) is 0 Å². The van der Waals surface area contributed by atoms with Crippen LogP contribution in [-0.4, -0.2) is 0 Å². The van der Waals surface area contributed by atoms with Gasteiger partial charge in [-0.25, -0.2) is 0 Å². The van der Waals surface area contributed by atoms with Crippen LogP contribution in [0.4, 0.5) is 0 Å². The van der Waals surface area contributed by atoms with Crippen LogP contribution in [0.2, 0.25) is 0 Å². The Kier molecular flexibility index (Phi) is 3.40. The maximum absolute atomic E-state index is 3.51. The maximum atomic E-state index is 3.51. The van der Waals surface area contributed by atoms with Gasteiger partial charge in [-0.15, -0.1) is 0 Å². The van der Waals surface area contributed by atoms with Crippen molar-refractivity contribution in [1.82, 2.24) is 0 Å². The molecule has 0 aliphatic rings. The van der Waals surface area contributed by atoms with Gasteiger partial charge in [-0.3, -0.25) is 0 Å². The molecule has 0 heterocycles. The lowest BCUT2D eigenvalue weighted by Gasteiger charge is -2.09. The molecule has 0 aromatic heterocycles. The van der Waals surface area contributed by atoms with Crippen molar-refractivity contribution in [2.75, 3.05) is 0 Å². The average Bonchev–Trinajstić information content (AvgIpc) is 2.39. The van der Waals surface area contributed by atoms with Crippen LogP contribution >= 0.6 is 0 Å². The van der Waals surface area contributed by atoms with Gasteiger partial charge in [-0.05, 0) is 41.2 Å². The molecule has 0 amide bonds. The minimum absolute atomic E-state index is 1.04. The van der Waals surface area contributed by atoms with Gasteiger partial charge in [0.25, 0.3) is 0 Å². The van der Waals surface area contributed by atoms with Crippen molar-refractivity contribution in [2.45, 2.75) is 26.7 Å². The number of benzene rings is 2. The van der Waals surface area contributed by atoms with Gasteiger partial charge in [-0.1, -0.05) is 56.3 Å². The zero-order valence-corrected chi connectivity index (χ0v) is 9.96. The van der Waals surface area contributed by atoms with E-state index in [1.807, 2.05) is 0 Å². The summed E-state index contributed by atoms with van der Waals surface area (Å²) >= 11 is 0. The van der Waals surface area contributed by atoms with E-state index in [1.165, 1.54) is 22.3 Å². The summed E-state index contributed by atoms with van der Waals surface area (Å²) in [5, 5.41) is 0. The van der Waals surface area contributed by atoms with Gasteiger partial charge in [0, 0.05) is 0 Å². The summed E-state index contributed by atoms with van der Waals surface area (Å²) in [6, 6.07) is 18.5. The maximum Gasteiger partial charge on any atom is -0.0108 e. The number of aryl methyl sites for hydroxylation is 2. The van der Waals surface area contributed by atoms with Crippen molar-refractivity contribution >= 4 is 0 Å². The predicted octanol–water partition coefficient (Wildman–Crippen LogP) is 4.28. The number of hydrogen-bond donors (Lipinski definition) is 0. The Bertz CT molecular complexity index is 455. The molecule has 0 heteroatoms. The molecule has 0 saturated carbocycles. The molecule has 0 N–H and O–H groups in total. The summed E-state index contributed by atoms with van der Waals surface area (Å²) in [5.41, 5.74) is 5.24. The van der Waals surface area contributed by atoms with Crippen molar-refractivity contribution < 1.29 is 0 Å². The molecule has 2 rings (SSSR count). The van der Waals surface area contributed by atoms with E-state index in [1.54, 1.807) is 0 Å². The fraction of sp³-hybridized carbons (Fsp3) is 0.250. The zero-order valence-electron chi connectivity index (χ0n) is 9.96. The van der Waals surface area contributed by atoms with E-state index < -0.39 is 0 Å². The van der Waals surface area contributed by atoms with Crippen LogP contribution in [0.15, 0.2) is 42.5 Å². The first-order valence-electron chi connectivity index (χ1n) is 5.94. The van der Waals surface area contributed by atoms with E-state index in [0.717, 1.165) is 12.8 Å². The van der Waals surface area contributed by atoms with Gasteiger partial charge in [0.15, 0.2) is 0 Å². The predicted molar refractivity (Wildman–Crippen MR) is 69.5 cm³/mol. The Morgan fingerprint density at radius 3 is 2.25 bits per heavy atom. The molecule has 2 aromatic rings. The highest BCUT2D eigenvalue weighted by atomic mass is 14.1. The average molecular weight is 209 g/mol. The van der Waals surface area contributed by atoms with Gasteiger partial charge in [0.05, 0.1) is 0 Å². The van der Waals surface area contributed by atoms with Crippen molar-refractivity contribution in [2.24, 2.45) is 0 Å². The van der Waals surface area contributed by atoms with Crippen LogP contribution in [-0.2, 0) is 12.8 Å². The fourth-order valence-electron chi connectivity index (χ4n) is 1.96. The first kappa shape index (κ1) is 10.9. The van der Waals surface area contributed by atoms with Gasteiger partial charge >= 0.3 is 0 Å². The largest absolute Gasteiger partial charge is 0.0622 e. The molecule has 0 spiro atoms. The minimum atomic E-state index is 1.04. The fourth-order valence-corrected chi connectivity index (χ4v) is 1.96. The first-order valence-corrected chi connectivity index (χ1v) is 5.94. The highest BCUT2D eigenvalue weighted by Gasteiger charge is 2.04. The molecule has 0 aliphatic heterocycles. The standard InChI is InChI=1S/C16H17/c1-3-13-10-11-16(14(4-2)12-13)15-8-6-5-7-9-15/h5-11H,3-4H2,1-2H3. The quantitative estimate of drug-likeness (QED) is 0.707. The third-order valence-electron chi connectivity index (χ3n) is 2.91. The molecular weight excluding hydrogens is 192 g/mol. The minimum Gasteiger partial charge on any atom is -0.0622 e.